The fourth-order valence-electron chi connectivity index (χ4n) is 2.34. The highest BCUT2D eigenvalue weighted by Gasteiger charge is 2.48. The summed E-state index contributed by atoms with van der Waals surface area (Å²) in [5, 5.41) is 9.36. The fraction of sp³-hybridized carbons (Fsp3) is 0.917. The van der Waals surface area contributed by atoms with E-state index in [4.69, 9.17) is 0 Å². The highest BCUT2D eigenvalue weighted by molar-refractivity contribution is 7.86. The maximum atomic E-state index is 12.5. The highest BCUT2D eigenvalue weighted by Crippen LogP contribution is 2.31. The van der Waals surface area contributed by atoms with Crippen molar-refractivity contribution in [3.05, 3.63) is 0 Å². The molecule has 0 aromatic rings. The Hall–Kier alpha value is -0.660. The lowest BCUT2D eigenvalue weighted by Gasteiger charge is -2.41. The van der Waals surface area contributed by atoms with Gasteiger partial charge in [-0.25, -0.2) is 0 Å². The maximum absolute atomic E-state index is 12.5. The molecule has 1 aliphatic heterocycles. The first kappa shape index (κ1) is 16.4. The molecule has 0 spiro atoms. The van der Waals surface area contributed by atoms with Crippen molar-refractivity contribution >= 4 is 16.2 Å². The summed E-state index contributed by atoms with van der Waals surface area (Å²) in [6, 6.07) is 0. The van der Waals surface area contributed by atoms with Gasteiger partial charge in [-0.3, -0.25) is 4.79 Å². The van der Waals surface area contributed by atoms with E-state index in [-0.39, 0.29) is 6.54 Å². The van der Waals surface area contributed by atoms with Crippen molar-refractivity contribution in [2.45, 2.75) is 51.5 Å². The summed E-state index contributed by atoms with van der Waals surface area (Å²) in [5.41, 5.74) is -1.32. The number of piperidine rings is 1. The summed E-state index contributed by atoms with van der Waals surface area (Å²) in [4.78, 5) is 11.4. The lowest BCUT2D eigenvalue weighted by molar-refractivity contribution is -0.149. The van der Waals surface area contributed by atoms with Crippen molar-refractivity contribution in [1.29, 1.82) is 0 Å². The van der Waals surface area contributed by atoms with E-state index in [0.29, 0.717) is 19.4 Å². The Morgan fingerprint density at radius 3 is 2.58 bits per heavy atom. The molecule has 1 N–H and O–H groups in total. The first-order valence-electron chi connectivity index (χ1n) is 6.74. The molecule has 0 saturated carbocycles. The van der Waals surface area contributed by atoms with Crippen molar-refractivity contribution in [2.24, 2.45) is 0 Å². The van der Waals surface area contributed by atoms with Crippen LogP contribution in [0.25, 0.3) is 0 Å². The second kappa shape index (κ2) is 6.19. The minimum absolute atomic E-state index is 0.279. The number of aliphatic carboxylic acids is 1. The fourth-order valence-corrected chi connectivity index (χ4v) is 4.08. The Morgan fingerprint density at radius 1 is 1.42 bits per heavy atom. The van der Waals surface area contributed by atoms with E-state index in [1.165, 1.54) is 18.3 Å². The molecule has 1 rings (SSSR count). The first-order valence-corrected chi connectivity index (χ1v) is 8.14. The third-order valence-electron chi connectivity index (χ3n) is 3.78. The summed E-state index contributed by atoms with van der Waals surface area (Å²) in [7, 11) is -2.19. The summed E-state index contributed by atoms with van der Waals surface area (Å²) < 4.78 is 27.4. The zero-order chi connectivity index (χ0) is 14.7. The molecule has 1 fully saturated rings. The van der Waals surface area contributed by atoms with E-state index < -0.39 is 21.7 Å². The van der Waals surface area contributed by atoms with Crippen molar-refractivity contribution < 1.29 is 18.3 Å². The van der Waals surface area contributed by atoms with Gasteiger partial charge < -0.3 is 5.11 Å². The van der Waals surface area contributed by atoms with E-state index in [9.17, 15) is 18.3 Å². The molecule has 0 amide bonds. The lowest BCUT2D eigenvalue weighted by Crippen LogP contribution is -2.60. The topological polar surface area (TPSA) is 77.9 Å². The second-order valence-electron chi connectivity index (χ2n) is 5.29. The molecule has 1 saturated heterocycles. The van der Waals surface area contributed by atoms with Crippen LogP contribution in [0.4, 0.5) is 0 Å². The molecular formula is C12H24N2O4S. The number of nitrogens with zero attached hydrogens (tertiary/aromatic N) is 2. The van der Waals surface area contributed by atoms with E-state index in [0.717, 1.165) is 23.6 Å². The standard InChI is InChI=1S/C12H24N2O4S/c1-4-5-9-13(3)19(17,18)14-10-7-6-8-12(14,2)11(15)16/h4-10H2,1-3H3,(H,15,16). The van der Waals surface area contributed by atoms with Gasteiger partial charge in [0.15, 0.2) is 0 Å². The van der Waals surface area contributed by atoms with Gasteiger partial charge in [0.05, 0.1) is 0 Å². The molecule has 1 unspecified atom stereocenters. The van der Waals surface area contributed by atoms with Gasteiger partial charge in [0.2, 0.25) is 0 Å². The number of rotatable bonds is 6. The molecule has 112 valence electrons. The van der Waals surface area contributed by atoms with Crippen LogP contribution in [0.3, 0.4) is 0 Å². The van der Waals surface area contributed by atoms with Gasteiger partial charge in [-0.15, -0.1) is 0 Å². The molecule has 0 aliphatic carbocycles. The summed E-state index contributed by atoms with van der Waals surface area (Å²) in [5.74, 6) is -1.07. The molecular weight excluding hydrogens is 268 g/mol. The lowest BCUT2D eigenvalue weighted by atomic mass is 9.91. The van der Waals surface area contributed by atoms with Gasteiger partial charge >= 0.3 is 5.97 Å². The van der Waals surface area contributed by atoms with Gasteiger partial charge in [-0.2, -0.15) is 17.0 Å². The monoisotopic (exact) mass is 292 g/mol. The molecule has 0 aromatic carbocycles. The summed E-state index contributed by atoms with van der Waals surface area (Å²) >= 11 is 0. The van der Waals surface area contributed by atoms with Gasteiger partial charge in [0.25, 0.3) is 10.2 Å². The third kappa shape index (κ3) is 3.27. The quantitative estimate of drug-likeness (QED) is 0.800. The van der Waals surface area contributed by atoms with Gasteiger partial charge in [0, 0.05) is 20.1 Å². The largest absolute Gasteiger partial charge is 0.480 e. The highest BCUT2D eigenvalue weighted by atomic mass is 32.2. The Kier molecular flexibility index (Phi) is 5.34. The molecule has 1 aliphatic rings. The van der Waals surface area contributed by atoms with E-state index >= 15 is 0 Å². The van der Waals surface area contributed by atoms with Crippen molar-refractivity contribution in [3.8, 4) is 0 Å². The van der Waals surface area contributed by atoms with Crippen LogP contribution in [0.1, 0.15) is 46.0 Å². The molecule has 0 bridgehead atoms. The van der Waals surface area contributed by atoms with Crippen LogP contribution in [-0.2, 0) is 15.0 Å². The number of unbranched alkanes of at least 4 members (excludes halogenated alkanes) is 1. The Morgan fingerprint density at radius 2 is 2.05 bits per heavy atom. The average Bonchev–Trinajstić information content (AvgIpc) is 2.35. The predicted octanol–water partition coefficient (Wildman–Crippen LogP) is 1.29. The number of carboxylic acids is 1. The van der Waals surface area contributed by atoms with Gasteiger partial charge in [-0.1, -0.05) is 13.3 Å². The molecule has 0 radical (unpaired) electrons. The minimum atomic E-state index is -3.70. The summed E-state index contributed by atoms with van der Waals surface area (Å²) in [6.07, 6.45) is 3.49. The first-order chi connectivity index (χ1) is 8.76. The molecule has 1 atom stereocenters. The molecule has 1 heterocycles. The van der Waals surface area contributed by atoms with Crippen LogP contribution in [0.2, 0.25) is 0 Å². The normalized spacial score (nSPS) is 25.7. The smallest absolute Gasteiger partial charge is 0.324 e. The minimum Gasteiger partial charge on any atom is -0.480 e. The Balaban J connectivity index is 3.00. The molecule has 0 aromatic heterocycles. The van der Waals surface area contributed by atoms with Crippen LogP contribution in [0, 0.1) is 0 Å². The van der Waals surface area contributed by atoms with Crippen molar-refractivity contribution in [3.63, 3.8) is 0 Å². The SMILES string of the molecule is CCCCN(C)S(=O)(=O)N1CCCCC1(C)C(=O)O. The zero-order valence-corrected chi connectivity index (χ0v) is 12.7. The predicted molar refractivity (Wildman–Crippen MR) is 73.1 cm³/mol. The van der Waals surface area contributed by atoms with Crippen LogP contribution in [0.5, 0.6) is 0 Å². The number of carboxylic acid groups (broad SMARTS) is 1. The van der Waals surface area contributed by atoms with Crippen LogP contribution in [0.15, 0.2) is 0 Å². The van der Waals surface area contributed by atoms with Crippen molar-refractivity contribution in [2.75, 3.05) is 20.1 Å². The third-order valence-corrected chi connectivity index (χ3v) is 5.90. The van der Waals surface area contributed by atoms with Gasteiger partial charge in [-0.05, 0) is 32.6 Å². The van der Waals surface area contributed by atoms with E-state index in [1.54, 1.807) is 0 Å². The Labute approximate surface area is 115 Å². The van der Waals surface area contributed by atoms with Gasteiger partial charge in [0.1, 0.15) is 5.54 Å². The average molecular weight is 292 g/mol. The van der Waals surface area contributed by atoms with Crippen LogP contribution >= 0.6 is 0 Å². The number of carbonyl (C=O) groups is 1. The summed E-state index contributed by atoms with van der Waals surface area (Å²) in [6.45, 7) is 4.19. The van der Waals surface area contributed by atoms with Crippen LogP contribution < -0.4 is 0 Å². The number of hydrogen-bond donors (Lipinski definition) is 1. The van der Waals surface area contributed by atoms with E-state index in [1.807, 2.05) is 6.92 Å². The molecule has 19 heavy (non-hydrogen) atoms. The zero-order valence-electron chi connectivity index (χ0n) is 11.9. The van der Waals surface area contributed by atoms with Crippen LogP contribution in [-0.4, -0.2) is 53.8 Å². The maximum Gasteiger partial charge on any atom is 0.324 e. The number of hydrogen-bond acceptors (Lipinski definition) is 3. The molecule has 7 heteroatoms. The molecule has 6 nitrogen and oxygen atoms in total. The Bertz CT molecular complexity index is 423. The van der Waals surface area contributed by atoms with E-state index in [2.05, 4.69) is 0 Å². The second-order valence-corrected chi connectivity index (χ2v) is 7.25. The van der Waals surface area contributed by atoms with Crippen molar-refractivity contribution in [1.82, 2.24) is 8.61 Å².